The van der Waals surface area contributed by atoms with Crippen LogP contribution >= 0.6 is 11.6 Å². The molecule has 0 aliphatic carbocycles. The number of amides is 1. The molecule has 0 unspecified atom stereocenters. The van der Waals surface area contributed by atoms with Gasteiger partial charge >= 0.3 is 6.09 Å². The van der Waals surface area contributed by atoms with Crippen LogP contribution in [0.15, 0.2) is 24.3 Å². The van der Waals surface area contributed by atoms with Gasteiger partial charge < -0.3 is 14.6 Å². The van der Waals surface area contributed by atoms with E-state index >= 15 is 0 Å². The van der Waals surface area contributed by atoms with Crippen LogP contribution < -0.4 is 0 Å². The lowest BCUT2D eigenvalue weighted by Gasteiger charge is -2.26. The van der Waals surface area contributed by atoms with Gasteiger partial charge in [0.25, 0.3) is 0 Å². The summed E-state index contributed by atoms with van der Waals surface area (Å²) in [7, 11) is 0. The van der Waals surface area contributed by atoms with E-state index in [1.807, 2.05) is 12.1 Å². The van der Waals surface area contributed by atoms with Crippen LogP contribution in [0.3, 0.4) is 0 Å². The first-order valence-electron chi connectivity index (χ1n) is 6.35. The van der Waals surface area contributed by atoms with Crippen molar-refractivity contribution >= 4 is 28.6 Å². The average molecular weight is 279 g/mol. The summed E-state index contributed by atoms with van der Waals surface area (Å²) >= 11 is 5.53. The predicted octanol–water partition coefficient (Wildman–Crippen LogP) is 2.90. The lowest BCUT2D eigenvalue weighted by molar-refractivity contribution is 0.103. The van der Waals surface area contributed by atoms with Crippen LogP contribution in [0.25, 0.3) is 10.9 Å². The van der Waals surface area contributed by atoms with Crippen molar-refractivity contribution in [1.82, 2.24) is 9.88 Å². The number of para-hydroxylation sites is 1. The minimum Gasteiger partial charge on any atom is -0.448 e. The zero-order valence-corrected chi connectivity index (χ0v) is 11.2. The Morgan fingerprint density at radius 2 is 2.26 bits per heavy atom. The summed E-state index contributed by atoms with van der Waals surface area (Å²) in [6.07, 6.45) is 0.552. The molecule has 0 saturated carbocycles. The molecule has 0 spiro atoms. The summed E-state index contributed by atoms with van der Waals surface area (Å²) in [4.78, 5) is 17.0. The van der Waals surface area contributed by atoms with Crippen molar-refractivity contribution in [2.24, 2.45) is 0 Å². The number of nitrogens with zero attached hydrogens (tertiary/aromatic N) is 1. The third-order valence-corrected chi connectivity index (χ3v) is 3.60. The van der Waals surface area contributed by atoms with Gasteiger partial charge in [-0.25, -0.2) is 4.79 Å². The van der Waals surface area contributed by atoms with Crippen molar-refractivity contribution in [2.45, 2.75) is 13.0 Å². The van der Waals surface area contributed by atoms with Crippen molar-refractivity contribution < 1.29 is 9.53 Å². The van der Waals surface area contributed by atoms with Crippen LogP contribution in [-0.2, 0) is 17.7 Å². The maximum atomic E-state index is 11.9. The summed E-state index contributed by atoms with van der Waals surface area (Å²) in [6.45, 7) is 1.54. The van der Waals surface area contributed by atoms with Crippen molar-refractivity contribution in [2.75, 3.05) is 19.0 Å². The predicted molar refractivity (Wildman–Crippen MR) is 74.5 cm³/mol. The number of rotatable bonds is 2. The third-order valence-electron chi connectivity index (χ3n) is 3.44. The molecular formula is C14H15ClN2O2. The molecule has 1 aromatic carbocycles. The maximum absolute atomic E-state index is 11.9. The Kier molecular flexibility index (Phi) is 3.34. The van der Waals surface area contributed by atoms with E-state index in [-0.39, 0.29) is 12.7 Å². The van der Waals surface area contributed by atoms with E-state index in [1.54, 1.807) is 4.90 Å². The number of carbonyl (C=O) groups excluding carboxylic acids is 1. The first-order valence-corrected chi connectivity index (χ1v) is 6.89. The number of fused-ring (bicyclic) bond motifs is 3. The number of nitrogens with one attached hydrogen (secondary N) is 1. The minimum atomic E-state index is -0.281. The molecule has 3 rings (SSSR count). The summed E-state index contributed by atoms with van der Waals surface area (Å²) in [5, 5.41) is 1.19. The quantitative estimate of drug-likeness (QED) is 0.859. The van der Waals surface area contributed by atoms with Crippen LogP contribution in [0.2, 0.25) is 0 Å². The molecule has 0 atom stereocenters. The first kappa shape index (κ1) is 12.4. The summed E-state index contributed by atoms with van der Waals surface area (Å²) in [6, 6.07) is 8.17. The van der Waals surface area contributed by atoms with Gasteiger partial charge in [-0.2, -0.15) is 0 Å². The Morgan fingerprint density at radius 3 is 3.11 bits per heavy atom. The van der Waals surface area contributed by atoms with E-state index in [1.165, 1.54) is 16.6 Å². The van der Waals surface area contributed by atoms with Crippen molar-refractivity contribution in [3.63, 3.8) is 0 Å². The molecule has 4 nitrogen and oxygen atoms in total. The van der Waals surface area contributed by atoms with E-state index in [0.29, 0.717) is 19.0 Å². The first-order chi connectivity index (χ1) is 9.29. The Morgan fingerprint density at radius 1 is 1.42 bits per heavy atom. The highest BCUT2D eigenvalue weighted by atomic mass is 35.5. The van der Waals surface area contributed by atoms with Gasteiger partial charge in [0.15, 0.2) is 0 Å². The smallest absolute Gasteiger partial charge is 0.410 e. The molecule has 0 fully saturated rings. The average Bonchev–Trinajstić information content (AvgIpc) is 2.82. The molecule has 2 aromatic rings. The summed E-state index contributed by atoms with van der Waals surface area (Å²) in [5.41, 5.74) is 3.55. The molecule has 0 saturated heterocycles. The topological polar surface area (TPSA) is 45.3 Å². The standard InChI is InChI=1S/C14H15ClN2O2/c15-6-8-19-14(18)17-7-5-13-11(9-17)10-3-1-2-4-12(10)16-13/h1-4,16H,5-9H2. The second-order valence-corrected chi connectivity index (χ2v) is 4.98. The van der Waals surface area contributed by atoms with Crippen LogP contribution in [0, 0.1) is 0 Å². The van der Waals surface area contributed by atoms with Gasteiger partial charge in [-0.1, -0.05) is 18.2 Å². The molecule has 1 aliphatic heterocycles. The van der Waals surface area contributed by atoms with Crippen molar-refractivity contribution in [1.29, 1.82) is 0 Å². The Bertz CT molecular complexity index is 609. The zero-order chi connectivity index (χ0) is 13.2. The molecule has 19 heavy (non-hydrogen) atoms. The second kappa shape index (κ2) is 5.13. The number of halogens is 1. The van der Waals surface area contributed by atoms with Crippen LogP contribution in [0.1, 0.15) is 11.3 Å². The Hall–Kier alpha value is -1.68. The SMILES string of the molecule is O=C(OCCCl)N1CCc2[nH]c3ccccc3c2C1. The van der Waals surface area contributed by atoms with Gasteiger partial charge in [0, 0.05) is 35.1 Å². The lowest BCUT2D eigenvalue weighted by atomic mass is 10.1. The fourth-order valence-electron chi connectivity index (χ4n) is 2.54. The molecule has 1 amide bonds. The molecule has 1 aliphatic rings. The second-order valence-electron chi connectivity index (χ2n) is 4.60. The fraction of sp³-hybridized carbons (Fsp3) is 0.357. The minimum absolute atomic E-state index is 0.262. The van der Waals surface area contributed by atoms with E-state index < -0.39 is 0 Å². The van der Waals surface area contributed by atoms with Gasteiger partial charge in [0.2, 0.25) is 0 Å². The molecule has 2 heterocycles. The van der Waals surface area contributed by atoms with Crippen LogP contribution in [0.5, 0.6) is 0 Å². The zero-order valence-electron chi connectivity index (χ0n) is 10.5. The molecule has 1 N–H and O–H groups in total. The molecule has 5 heteroatoms. The highest BCUT2D eigenvalue weighted by Crippen LogP contribution is 2.27. The highest BCUT2D eigenvalue weighted by Gasteiger charge is 2.24. The number of aromatic nitrogens is 1. The van der Waals surface area contributed by atoms with Crippen LogP contribution in [-0.4, -0.2) is 35.0 Å². The number of alkyl halides is 1. The monoisotopic (exact) mass is 278 g/mol. The number of H-pyrrole nitrogens is 1. The molecular weight excluding hydrogens is 264 g/mol. The fourth-order valence-corrected chi connectivity index (χ4v) is 2.62. The largest absolute Gasteiger partial charge is 0.448 e. The van der Waals surface area contributed by atoms with Gasteiger partial charge in [-0.3, -0.25) is 0 Å². The molecule has 0 bridgehead atoms. The summed E-state index contributed by atoms with van der Waals surface area (Å²) < 4.78 is 5.08. The number of carbonyl (C=O) groups is 1. The van der Waals surface area contributed by atoms with Gasteiger partial charge in [0.05, 0.1) is 12.4 Å². The molecule has 0 radical (unpaired) electrons. The van der Waals surface area contributed by atoms with Crippen LogP contribution in [0.4, 0.5) is 4.79 Å². The number of hydrogen-bond acceptors (Lipinski definition) is 2. The molecule has 100 valence electrons. The highest BCUT2D eigenvalue weighted by molar-refractivity contribution is 6.18. The number of benzene rings is 1. The lowest BCUT2D eigenvalue weighted by Crippen LogP contribution is -2.36. The van der Waals surface area contributed by atoms with Gasteiger partial charge in [-0.05, 0) is 6.07 Å². The van der Waals surface area contributed by atoms with E-state index in [4.69, 9.17) is 16.3 Å². The third kappa shape index (κ3) is 2.28. The van der Waals surface area contributed by atoms with E-state index in [9.17, 15) is 4.79 Å². The van der Waals surface area contributed by atoms with Crippen molar-refractivity contribution in [3.8, 4) is 0 Å². The normalized spacial score (nSPS) is 14.5. The maximum Gasteiger partial charge on any atom is 0.410 e. The number of ether oxygens (including phenoxy) is 1. The van der Waals surface area contributed by atoms with E-state index in [2.05, 4.69) is 17.1 Å². The van der Waals surface area contributed by atoms with Gasteiger partial charge in [0.1, 0.15) is 6.61 Å². The Labute approximate surface area is 116 Å². The Balaban J connectivity index is 1.84. The van der Waals surface area contributed by atoms with Crippen molar-refractivity contribution in [3.05, 3.63) is 35.5 Å². The van der Waals surface area contributed by atoms with E-state index in [0.717, 1.165) is 11.9 Å². The van der Waals surface area contributed by atoms with Gasteiger partial charge in [-0.15, -0.1) is 11.6 Å². The number of aromatic amines is 1. The number of hydrogen-bond donors (Lipinski definition) is 1. The molecule has 1 aromatic heterocycles. The summed E-state index contributed by atoms with van der Waals surface area (Å²) in [5.74, 6) is 0.331.